The number of nitrogens with zero attached hydrogens (tertiary/aromatic N) is 2. The van der Waals surface area contributed by atoms with Crippen LogP contribution in [0.25, 0.3) is 0 Å². The van der Waals surface area contributed by atoms with Gasteiger partial charge in [0.2, 0.25) is 11.8 Å². The van der Waals surface area contributed by atoms with Crippen LogP contribution in [-0.2, 0) is 32.3 Å². The maximum Gasteiger partial charge on any atom is 0.416 e. The Bertz CT molecular complexity index is 1500. The smallest absolute Gasteiger partial charge is 0.352 e. The summed E-state index contributed by atoms with van der Waals surface area (Å²) in [4.78, 5) is 28.1. The molecule has 0 radical (unpaired) electrons. The maximum atomic E-state index is 14.0. The third kappa shape index (κ3) is 7.96. The van der Waals surface area contributed by atoms with Crippen LogP contribution in [-0.4, -0.2) is 43.8 Å². The van der Waals surface area contributed by atoms with Crippen LogP contribution in [0.2, 0.25) is 10.0 Å². The summed E-state index contributed by atoms with van der Waals surface area (Å²) >= 11 is 12.7. The van der Waals surface area contributed by atoms with Gasteiger partial charge < -0.3 is 10.2 Å². The molecule has 13 heteroatoms. The average molecular weight is 645 g/mol. The van der Waals surface area contributed by atoms with Gasteiger partial charge in [-0.25, -0.2) is 8.42 Å². The summed E-state index contributed by atoms with van der Waals surface area (Å²) in [5.74, 6) is -1.35. The summed E-state index contributed by atoms with van der Waals surface area (Å²) < 4.78 is 69.0. The van der Waals surface area contributed by atoms with Crippen LogP contribution in [0.15, 0.2) is 77.7 Å². The number of alkyl halides is 3. The molecule has 1 N–H and O–H groups in total. The van der Waals surface area contributed by atoms with Crippen molar-refractivity contribution in [2.24, 2.45) is 0 Å². The largest absolute Gasteiger partial charge is 0.416 e. The van der Waals surface area contributed by atoms with Gasteiger partial charge >= 0.3 is 6.18 Å². The van der Waals surface area contributed by atoms with Crippen LogP contribution < -0.4 is 9.62 Å². The number of anilines is 1. The van der Waals surface area contributed by atoms with Gasteiger partial charge in [-0.3, -0.25) is 13.9 Å². The van der Waals surface area contributed by atoms with E-state index in [1.54, 1.807) is 45.0 Å². The normalized spacial score (nSPS) is 12.6. The molecule has 226 valence electrons. The standard InChI is InChI=1S/C29H30Cl2F3N3O4S/c1-4-26(28(39)35-19(2)3)36(17-23-24(30)14-9-15-25(23)31)27(38)18-37(42(40,41)22-12-6-5-7-13-22)21-11-8-10-20(16-21)29(32,33)34/h5-16,19,26H,4,17-18H2,1-3H3,(H,35,39)/t26-/m1/s1. The summed E-state index contributed by atoms with van der Waals surface area (Å²) in [6.45, 7) is 3.98. The van der Waals surface area contributed by atoms with Gasteiger partial charge in [-0.15, -0.1) is 0 Å². The highest BCUT2D eigenvalue weighted by molar-refractivity contribution is 7.92. The molecule has 0 unspecified atom stereocenters. The minimum atomic E-state index is -4.77. The Morgan fingerprint density at radius 2 is 1.52 bits per heavy atom. The van der Waals surface area contributed by atoms with E-state index in [2.05, 4.69) is 5.32 Å². The lowest BCUT2D eigenvalue weighted by atomic mass is 10.1. The Morgan fingerprint density at radius 1 is 0.929 bits per heavy atom. The van der Waals surface area contributed by atoms with Crippen molar-refractivity contribution in [2.75, 3.05) is 10.8 Å². The third-order valence-corrected chi connectivity index (χ3v) is 8.77. The molecule has 1 atom stereocenters. The van der Waals surface area contributed by atoms with Gasteiger partial charge in [0.1, 0.15) is 12.6 Å². The molecule has 0 aliphatic rings. The van der Waals surface area contributed by atoms with E-state index in [-0.39, 0.29) is 39.6 Å². The van der Waals surface area contributed by atoms with E-state index in [0.29, 0.717) is 15.9 Å². The molecule has 0 aliphatic heterocycles. The highest BCUT2D eigenvalue weighted by atomic mass is 35.5. The molecule has 0 saturated carbocycles. The number of nitrogens with one attached hydrogen (secondary N) is 1. The maximum absolute atomic E-state index is 14.0. The Morgan fingerprint density at radius 3 is 2.07 bits per heavy atom. The molecule has 7 nitrogen and oxygen atoms in total. The molecule has 0 fully saturated rings. The molecule has 0 aliphatic carbocycles. The van der Waals surface area contributed by atoms with Gasteiger partial charge in [0.25, 0.3) is 10.0 Å². The molecule has 3 rings (SSSR count). The molecule has 0 saturated heterocycles. The number of benzene rings is 3. The molecule has 0 heterocycles. The Kier molecular flexibility index (Phi) is 10.9. The summed E-state index contributed by atoms with van der Waals surface area (Å²) in [5, 5.41) is 3.18. The number of carbonyl (C=O) groups is 2. The molecular formula is C29H30Cl2F3N3O4S. The lowest BCUT2D eigenvalue weighted by Crippen LogP contribution is -2.53. The summed E-state index contributed by atoms with van der Waals surface area (Å²) in [5.41, 5.74) is -1.15. The zero-order valence-electron chi connectivity index (χ0n) is 23.0. The van der Waals surface area contributed by atoms with Crippen molar-refractivity contribution >= 4 is 50.7 Å². The lowest BCUT2D eigenvalue weighted by molar-refractivity contribution is -0.140. The third-order valence-electron chi connectivity index (χ3n) is 6.28. The molecule has 2 amide bonds. The monoisotopic (exact) mass is 643 g/mol. The number of sulfonamides is 1. The molecule has 42 heavy (non-hydrogen) atoms. The Hall–Kier alpha value is -3.28. The van der Waals surface area contributed by atoms with Gasteiger partial charge in [0.15, 0.2) is 0 Å². The molecule has 0 spiro atoms. The first-order valence-corrected chi connectivity index (χ1v) is 15.1. The second kappa shape index (κ2) is 13.8. The van der Waals surface area contributed by atoms with Gasteiger partial charge in [0.05, 0.1) is 16.1 Å². The van der Waals surface area contributed by atoms with Crippen molar-refractivity contribution in [1.29, 1.82) is 0 Å². The highest BCUT2D eigenvalue weighted by Crippen LogP contribution is 2.34. The van der Waals surface area contributed by atoms with Crippen molar-refractivity contribution in [3.63, 3.8) is 0 Å². The quantitative estimate of drug-likeness (QED) is 0.257. The number of carbonyl (C=O) groups excluding carboxylic acids is 2. The predicted octanol–water partition coefficient (Wildman–Crippen LogP) is 6.54. The van der Waals surface area contributed by atoms with Crippen LogP contribution in [0.3, 0.4) is 0 Å². The van der Waals surface area contributed by atoms with Crippen LogP contribution in [0, 0.1) is 0 Å². The van der Waals surface area contributed by atoms with E-state index in [1.807, 2.05) is 0 Å². The van der Waals surface area contributed by atoms with E-state index in [1.165, 1.54) is 30.3 Å². The van der Waals surface area contributed by atoms with E-state index in [0.717, 1.165) is 17.0 Å². The first-order valence-electron chi connectivity index (χ1n) is 12.9. The fraction of sp³-hybridized carbons (Fsp3) is 0.310. The molecule has 0 aromatic heterocycles. The average Bonchev–Trinajstić information content (AvgIpc) is 2.92. The fourth-order valence-electron chi connectivity index (χ4n) is 4.24. The molecule has 0 bridgehead atoms. The van der Waals surface area contributed by atoms with Crippen LogP contribution in [0.4, 0.5) is 18.9 Å². The minimum absolute atomic E-state index is 0.140. The van der Waals surface area contributed by atoms with Crippen molar-refractivity contribution in [2.45, 2.75) is 56.9 Å². The van der Waals surface area contributed by atoms with Gasteiger partial charge in [-0.1, -0.05) is 60.5 Å². The summed E-state index contributed by atoms with van der Waals surface area (Å²) in [7, 11) is -4.54. The lowest BCUT2D eigenvalue weighted by Gasteiger charge is -2.34. The highest BCUT2D eigenvalue weighted by Gasteiger charge is 2.36. The van der Waals surface area contributed by atoms with E-state index in [9.17, 15) is 31.2 Å². The van der Waals surface area contributed by atoms with Crippen LogP contribution >= 0.6 is 23.2 Å². The second-order valence-corrected chi connectivity index (χ2v) is 12.4. The van der Waals surface area contributed by atoms with Crippen molar-refractivity contribution in [3.8, 4) is 0 Å². The predicted molar refractivity (Wildman–Crippen MR) is 157 cm³/mol. The first kappa shape index (κ1) is 33.2. The number of rotatable bonds is 11. The van der Waals surface area contributed by atoms with Gasteiger partial charge in [0, 0.05) is 28.2 Å². The van der Waals surface area contributed by atoms with E-state index in [4.69, 9.17) is 23.2 Å². The fourth-order valence-corrected chi connectivity index (χ4v) is 6.18. The van der Waals surface area contributed by atoms with Gasteiger partial charge in [-0.2, -0.15) is 13.2 Å². The SMILES string of the molecule is CC[C@H](C(=O)NC(C)C)N(Cc1c(Cl)cccc1Cl)C(=O)CN(c1cccc(C(F)(F)F)c1)S(=O)(=O)c1ccccc1. The number of hydrogen-bond acceptors (Lipinski definition) is 4. The number of halogens is 5. The Labute approximate surface area is 253 Å². The number of hydrogen-bond donors (Lipinski definition) is 1. The van der Waals surface area contributed by atoms with Crippen LogP contribution in [0.1, 0.15) is 38.3 Å². The second-order valence-electron chi connectivity index (χ2n) is 9.68. The zero-order valence-corrected chi connectivity index (χ0v) is 25.4. The Balaban J connectivity index is 2.15. The molecule has 3 aromatic carbocycles. The van der Waals surface area contributed by atoms with Crippen molar-refractivity contribution in [3.05, 3.63) is 94.0 Å². The van der Waals surface area contributed by atoms with Crippen molar-refractivity contribution in [1.82, 2.24) is 10.2 Å². The van der Waals surface area contributed by atoms with Crippen molar-refractivity contribution < 1.29 is 31.2 Å². The van der Waals surface area contributed by atoms with Gasteiger partial charge in [-0.05, 0) is 62.7 Å². The summed E-state index contributed by atoms with van der Waals surface area (Å²) in [6, 6.07) is 14.1. The number of amides is 2. The topological polar surface area (TPSA) is 86.8 Å². The van der Waals surface area contributed by atoms with E-state index < -0.39 is 46.2 Å². The molecule has 3 aromatic rings. The van der Waals surface area contributed by atoms with E-state index >= 15 is 0 Å². The zero-order chi connectivity index (χ0) is 31.2. The van der Waals surface area contributed by atoms with Crippen LogP contribution in [0.5, 0.6) is 0 Å². The minimum Gasteiger partial charge on any atom is -0.352 e. The summed E-state index contributed by atoms with van der Waals surface area (Å²) in [6.07, 6.45) is -4.63. The first-order chi connectivity index (χ1) is 19.7. The molecular weight excluding hydrogens is 614 g/mol.